The van der Waals surface area contributed by atoms with Gasteiger partial charge in [0.15, 0.2) is 5.84 Å². The van der Waals surface area contributed by atoms with Gasteiger partial charge < -0.3 is 16.3 Å². The van der Waals surface area contributed by atoms with E-state index < -0.39 is 5.41 Å². The molecular formula is C15H29N3O2. The van der Waals surface area contributed by atoms with Crippen molar-refractivity contribution in [3.05, 3.63) is 0 Å². The molecule has 0 aromatic rings. The summed E-state index contributed by atoms with van der Waals surface area (Å²) in [6.07, 6.45) is 6.25. The lowest BCUT2D eigenvalue weighted by atomic mass is 9.77. The normalized spacial score (nSPS) is 22.6. The zero-order valence-electron chi connectivity index (χ0n) is 13.0. The predicted octanol–water partition coefficient (Wildman–Crippen LogP) is 2.62. The molecule has 1 fully saturated rings. The molecule has 116 valence electrons. The topological polar surface area (TPSA) is 87.7 Å². The van der Waals surface area contributed by atoms with E-state index in [9.17, 15) is 4.79 Å². The lowest BCUT2D eigenvalue weighted by Crippen LogP contribution is -2.50. The molecule has 0 saturated heterocycles. The highest BCUT2D eigenvalue weighted by molar-refractivity contribution is 6.06. The molecule has 1 rings (SSSR count). The van der Waals surface area contributed by atoms with Gasteiger partial charge in [-0.25, -0.2) is 0 Å². The van der Waals surface area contributed by atoms with Crippen LogP contribution in [0.25, 0.3) is 0 Å². The van der Waals surface area contributed by atoms with Crippen LogP contribution >= 0.6 is 0 Å². The minimum atomic E-state index is -0.850. The van der Waals surface area contributed by atoms with Crippen molar-refractivity contribution in [2.75, 3.05) is 0 Å². The zero-order chi connectivity index (χ0) is 15.2. The Bertz CT molecular complexity index is 349. The van der Waals surface area contributed by atoms with Crippen LogP contribution in [0, 0.1) is 11.3 Å². The first-order valence-electron chi connectivity index (χ1n) is 7.84. The Kier molecular flexibility index (Phi) is 6.30. The highest BCUT2D eigenvalue weighted by Gasteiger charge is 2.45. The van der Waals surface area contributed by atoms with E-state index in [-0.39, 0.29) is 17.8 Å². The zero-order valence-corrected chi connectivity index (χ0v) is 13.0. The maximum atomic E-state index is 12.7. The summed E-state index contributed by atoms with van der Waals surface area (Å²) in [7, 11) is 0. The van der Waals surface area contributed by atoms with E-state index in [1.165, 1.54) is 0 Å². The molecular weight excluding hydrogens is 254 g/mol. The van der Waals surface area contributed by atoms with Gasteiger partial charge in [-0.15, -0.1) is 0 Å². The summed E-state index contributed by atoms with van der Waals surface area (Å²) in [4.78, 5) is 12.7. The summed E-state index contributed by atoms with van der Waals surface area (Å²) in [5.41, 5.74) is 5.00. The summed E-state index contributed by atoms with van der Waals surface area (Å²) in [6, 6.07) is 0.280. The molecule has 0 spiro atoms. The number of carbonyl (C=O) groups is 1. The average molecular weight is 283 g/mol. The van der Waals surface area contributed by atoms with Crippen LogP contribution in [0.4, 0.5) is 0 Å². The fourth-order valence-electron chi connectivity index (χ4n) is 3.09. The highest BCUT2D eigenvalue weighted by atomic mass is 16.4. The molecule has 0 aromatic heterocycles. The third-order valence-corrected chi connectivity index (χ3v) is 4.28. The maximum Gasteiger partial charge on any atom is 0.234 e. The Morgan fingerprint density at radius 1 is 1.30 bits per heavy atom. The number of hydrogen-bond donors (Lipinski definition) is 3. The average Bonchev–Trinajstić information content (AvgIpc) is 3.15. The minimum absolute atomic E-state index is 0.0476. The number of carbonyl (C=O) groups excluding carboxylic acids is 1. The SMILES string of the molecule is CCCC1CC1NC(=O)C(CCC)(CCC)C(N)=NO. The lowest BCUT2D eigenvalue weighted by molar-refractivity contribution is -0.128. The molecule has 5 nitrogen and oxygen atoms in total. The molecule has 1 aliphatic rings. The summed E-state index contributed by atoms with van der Waals surface area (Å²) in [5.74, 6) is 0.587. The number of amidine groups is 1. The van der Waals surface area contributed by atoms with E-state index in [0.717, 1.165) is 32.1 Å². The van der Waals surface area contributed by atoms with E-state index in [4.69, 9.17) is 10.9 Å². The smallest absolute Gasteiger partial charge is 0.234 e. The number of nitrogens with one attached hydrogen (secondary N) is 1. The molecule has 0 aromatic carbocycles. The van der Waals surface area contributed by atoms with E-state index in [1.54, 1.807) is 0 Å². The summed E-state index contributed by atoms with van der Waals surface area (Å²) < 4.78 is 0. The number of hydrogen-bond acceptors (Lipinski definition) is 3. The van der Waals surface area contributed by atoms with Gasteiger partial charge in [0.1, 0.15) is 5.41 Å². The Morgan fingerprint density at radius 2 is 1.90 bits per heavy atom. The summed E-state index contributed by atoms with van der Waals surface area (Å²) >= 11 is 0. The molecule has 0 radical (unpaired) electrons. The maximum absolute atomic E-state index is 12.7. The number of rotatable bonds is 9. The van der Waals surface area contributed by atoms with Gasteiger partial charge in [0, 0.05) is 6.04 Å². The number of amides is 1. The van der Waals surface area contributed by atoms with Crippen LogP contribution in [-0.2, 0) is 4.79 Å². The van der Waals surface area contributed by atoms with Crippen molar-refractivity contribution in [2.24, 2.45) is 22.2 Å². The van der Waals surface area contributed by atoms with Gasteiger partial charge in [-0.3, -0.25) is 4.79 Å². The van der Waals surface area contributed by atoms with Crippen LogP contribution in [0.3, 0.4) is 0 Å². The van der Waals surface area contributed by atoms with Crippen molar-refractivity contribution < 1.29 is 10.0 Å². The van der Waals surface area contributed by atoms with E-state index in [1.807, 2.05) is 13.8 Å². The standard InChI is InChI=1S/C15H29N3O2/c1-4-7-11-10-12(11)17-14(19)15(8-5-2,9-6-3)13(16)18-20/h11-12,20H,4-10H2,1-3H3,(H2,16,18)(H,17,19). The van der Waals surface area contributed by atoms with Crippen molar-refractivity contribution in [1.82, 2.24) is 5.32 Å². The third-order valence-electron chi connectivity index (χ3n) is 4.28. The molecule has 0 aliphatic heterocycles. The van der Waals surface area contributed by atoms with Crippen molar-refractivity contribution in [2.45, 2.75) is 71.8 Å². The van der Waals surface area contributed by atoms with Gasteiger partial charge in [0.05, 0.1) is 0 Å². The van der Waals surface area contributed by atoms with E-state index >= 15 is 0 Å². The minimum Gasteiger partial charge on any atom is -0.409 e. The Labute approximate surface area is 122 Å². The van der Waals surface area contributed by atoms with Gasteiger partial charge in [0.2, 0.25) is 5.91 Å². The third kappa shape index (κ3) is 3.64. The number of oxime groups is 1. The van der Waals surface area contributed by atoms with Crippen LogP contribution in [0.2, 0.25) is 0 Å². The number of nitrogens with two attached hydrogens (primary N) is 1. The molecule has 0 bridgehead atoms. The first kappa shape index (κ1) is 16.8. The van der Waals surface area contributed by atoms with Gasteiger partial charge in [-0.05, 0) is 31.6 Å². The fraction of sp³-hybridized carbons (Fsp3) is 0.867. The van der Waals surface area contributed by atoms with E-state index in [0.29, 0.717) is 18.8 Å². The van der Waals surface area contributed by atoms with Gasteiger partial charge in [-0.2, -0.15) is 0 Å². The van der Waals surface area contributed by atoms with Gasteiger partial charge in [-0.1, -0.05) is 45.2 Å². The Hall–Kier alpha value is -1.26. The largest absolute Gasteiger partial charge is 0.409 e. The first-order chi connectivity index (χ1) is 9.55. The molecule has 1 saturated carbocycles. The fourth-order valence-corrected chi connectivity index (χ4v) is 3.09. The molecule has 20 heavy (non-hydrogen) atoms. The van der Waals surface area contributed by atoms with E-state index in [2.05, 4.69) is 17.4 Å². The molecule has 2 unspecified atom stereocenters. The second kappa shape index (κ2) is 7.50. The van der Waals surface area contributed by atoms with Crippen molar-refractivity contribution in [3.63, 3.8) is 0 Å². The highest BCUT2D eigenvalue weighted by Crippen LogP contribution is 2.37. The molecule has 1 amide bonds. The van der Waals surface area contributed by atoms with Crippen LogP contribution in [0.15, 0.2) is 5.16 Å². The van der Waals surface area contributed by atoms with Crippen molar-refractivity contribution in [1.29, 1.82) is 0 Å². The van der Waals surface area contributed by atoms with Crippen LogP contribution in [0.5, 0.6) is 0 Å². The van der Waals surface area contributed by atoms with Gasteiger partial charge >= 0.3 is 0 Å². The van der Waals surface area contributed by atoms with Crippen LogP contribution in [-0.4, -0.2) is 23.0 Å². The van der Waals surface area contributed by atoms with Crippen LogP contribution < -0.4 is 11.1 Å². The van der Waals surface area contributed by atoms with Crippen molar-refractivity contribution >= 4 is 11.7 Å². The summed E-state index contributed by atoms with van der Waals surface area (Å²) in [6.45, 7) is 6.19. The summed E-state index contributed by atoms with van der Waals surface area (Å²) in [5, 5.41) is 15.3. The quantitative estimate of drug-likeness (QED) is 0.263. The Balaban J connectivity index is 2.78. The molecule has 4 N–H and O–H groups in total. The first-order valence-corrected chi connectivity index (χ1v) is 7.84. The predicted molar refractivity (Wildman–Crippen MR) is 80.6 cm³/mol. The lowest BCUT2D eigenvalue weighted by Gasteiger charge is -2.30. The molecule has 5 heteroatoms. The molecule has 1 aliphatic carbocycles. The second-order valence-electron chi connectivity index (χ2n) is 5.93. The second-order valence-corrected chi connectivity index (χ2v) is 5.93. The number of nitrogens with zero attached hydrogens (tertiary/aromatic N) is 1. The van der Waals surface area contributed by atoms with Crippen LogP contribution in [0.1, 0.15) is 65.7 Å². The van der Waals surface area contributed by atoms with Gasteiger partial charge in [0.25, 0.3) is 0 Å². The molecule has 0 heterocycles. The Morgan fingerprint density at radius 3 is 2.35 bits per heavy atom. The van der Waals surface area contributed by atoms with Crippen molar-refractivity contribution in [3.8, 4) is 0 Å². The monoisotopic (exact) mass is 283 g/mol. The molecule has 2 atom stereocenters.